The lowest BCUT2D eigenvalue weighted by molar-refractivity contribution is 0.0962. The molecule has 0 radical (unpaired) electrons. The second kappa shape index (κ2) is 8.14. The van der Waals surface area contributed by atoms with Gasteiger partial charge in [0.1, 0.15) is 12.0 Å². The lowest BCUT2D eigenvalue weighted by atomic mass is 10.00. The standard InChI is InChI=1S/C20H18Cl2N6O/c21-14-5-6-15(16(22)9-14)20(29)27-26-18-17(23)19(25-11-24-18)28-8-7-12-3-1-2-4-13(12)10-28/h1-6,9,11H,7-8,10,23H2,(H,27,29)(H,24,25,26). The van der Waals surface area contributed by atoms with Gasteiger partial charge in [-0.05, 0) is 35.7 Å². The summed E-state index contributed by atoms with van der Waals surface area (Å²) >= 11 is 11.9. The van der Waals surface area contributed by atoms with Gasteiger partial charge < -0.3 is 10.6 Å². The lowest BCUT2D eigenvalue weighted by Gasteiger charge is -2.30. The molecule has 1 amide bonds. The Morgan fingerprint density at radius 3 is 2.69 bits per heavy atom. The molecular weight excluding hydrogens is 411 g/mol. The molecule has 2 aromatic carbocycles. The predicted octanol–water partition coefficient (Wildman–Crippen LogP) is 3.69. The zero-order valence-corrected chi connectivity index (χ0v) is 16.8. The van der Waals surface area contributed by atoms with Crippen molar-refractivity contribution in [1.82, 2.24) is 15.4 Å². The Balaban J connectivity index is 1.49. The van der Waals surface area contributed by atoms with E-state index in [1.54, 1.807) is 12.1 Å². The number of nitrogens with one attached hydrogen (secondary N) is 2. The van der Waals surface area contributed by atoms with E-state index < -0.39 is 5.91 Å². The number of amides is 1. The van der Waals surface area contributed by atoms with Gasteiger partial charge in [-0.2, -0.15) is 0 Å². The van der Waals surface area contributed by atoms with Gasteiger partial charge in [0, 0.05) is 18.1 Å². The molecular formula is C20H18Cl2N6O. The van der Waals surface area contributed by atoms with Crippen LogP contribution in [0.2, 0.25) is 10.0 Å². The van der Waals surface area contributed by atoms with E-state index in [9.17, 15) is 4.79 Å². The van der Waals surface area contributed by atoms with Gasteiger partial charge in [-0.3, -0.25) is 15.6 Å². The molecule has 4 N–H and O–H groups in total. The van der Waals surface area contributed by atoms with Gasteiger partial charge in [0.25, 0.3) is 5.91 Å². The number of nitrogens with two attached hydrogens (primary N) is 1. The second-order valence-electron chi connectivity index (χ2n) is 6.60. The van der Waals surface area contributed by atoms with Crippen molar-refractivity contribution in [3.05, 3.63) is 75.5 Å². The first-order chi connectivity index (χ1) is 14.0. The van der Waals surface area contributed by atoms with Crippen LogP contribution in [0.15, 0.2) is 48.8 Å². The minimum atomic E-state index is -0.432. The first-order valence-corrected chi connectivity index (χ1v) is 9.72. The van der Waals surface area contributed by atoms with E-state index in [1.807, 2.05) is 12.1 Å². The number of fused-ring (bicyclic) bond motifs is 1. The second-order valence-corrected chi connectivity index (χ2v) is 7.45. The molecule has 7 nitrogen and oxygen atoms in total. The van der Waals surface area contributed by atoms with Gasteiger partial charge >= 0.3 is 0 Å². The van der Waals surface area contributed by atoms with E-state index in [4.69, 9.17) is 28.9 Å². The number of carbonyl (C=O) groups is 1. The number of hydrogen-bond acceptors (Lipinski definition) is 6. The Hall–Kier alpha value is -3.03. The third-order valence-corrected chi connectivity index (χ3v) is 5.31. The zero-order valence-electron chi connectivity index (χ0n) is 15.3. The Kier molecular flexibility index (Phi) is 5.42. The van der Waals surface area contributed by atoms with Crippen LogP contribution in [0.4, 0.5) is 17.3 Å². The number of hydrogen-bond donors (Lipinski definition) is 3. The minimum Gasteiger partial charge on any atom is -0.393 e. The van der Waals surface area contributed by atoms with Gasteiger partial charge in [-0.15, -0.1) is 0 Å². The maximum absolute atomic E-state index is 12.4. The highest BCUT2D eigenvalue weighted by Crippen LogP contribution is 2.30. The SMILES string of the molecule is Nc1c(NNC(=O)c2ccc(Cl)cc2Cl)ncnc1N1CCc2ccccc2C1. The average Bonchev–Trinajstić information content (AvgIpc) is 2.72. The highest BCUT2D eigenvalue weighted by molar-refractivity contribution is 6.36. The van der Waals surface area contributed by atoms with Gasteiger partial charge in [-0.25, -0.2) is 9.97 Å². The molecule has 0 saturated carbocycles. The summed E-state index contributed by atoms with van der Waals surface area (Å²) in [5, 5.41) is 0.701. The summed E-state index contributed by atoms with van der Waals surface area (Å²) in [4.78, 5) is 23.0. The topological polar surface area (TPSA) is 96.2 Å². The first kappa shape index (κ1) is 19.3. The molecule has 0 atom stereocenters. The van der Waals surface area contributed by atoms with Crippen molar-refractivity contribution in [2.45, 2.75) is 13.0 Å². The Bertz CT molecular complexity index is 1070. The van der Waals surface area contributed by atoms with Crippen LogP contribution in [-0.4, -0.2) is 22.4 Å². The van der Waals surface area contributed by atoms with Crippen LogP contribution in [0.25, 0.3) is 0 Å². The summed E-state index contributed by atoms with van der Waals surface area (Å²) in [6.45, 7) is 1.51. The molecule has 4 rings (SSSR count). The summed E-state index contributed by atoms with van der Waals surface area (Å²) in [5.74, 6) is 0.501. The number of anilines is 3. The Labute approximate surface area is 177 Å². The van der Waals surface area contributed by atoms with Crippen molar-refractivity contribution in [1.29, 1.82) is 0 Å². The van der Waals surface area contributed by atoms with Crippen molar-refractivity contribution in [3.8, 4) is 0 Å². The number of nitrogen functional groups attached to an aromatic ring is 1. The van der Waals surface area contributed by atoms with Crippen molar-refractivity contribution < 1.29 is 4.79 Å². The predicted molar refractivity (Wildman–Crippen MR) is 115 cm³/mol. The van der Waals surface area contributed by atoms with E-state index >= 15 is 0 Å². The Morgan fingerprint density at radius 2 is 1.90 bits per heavy atom. The normalized spacial score (nSPS) is 13.0. The van der Waals surface area contributed by atoms with Crippen LogP contribution < -0.4 is 21.5 Å². The monoisotopic (exact) mass is 428 g/mol. The highest BCUT2D eigenvalue weighted by atomic mass is 35.5. The third-order valence-electron chi connectivity index (χ3n) is 4.76. The van der Waals surface area contributed by atoms with Gasteiger partial charge in [0.15, 0.2) is 11.6 Å². The fourth-order valence-electron chi connectivity index (χ4n) is 3.27. The average molecular weight is 429 g/mol. The van der Waals surface area contributed by atoms with Crippen LogP contribution >= 0.6 is 23.2 Å². The van der Waals surface area contributed by atoms with E-state index in [0.29, 0.717) is 28.9 Å². The number of rotatable bonds is 4. The van der Waals surface area contributed by atoms with Crippen molar-refractivity contribution in [2.24, 2.45) is 0 Å². The largest absolute Gasteiger partial charge is 0.393 e. The first-order valence-electron chi connectivity index (χ1n) is 8.96. The van der Waals surface area contributed by atoms with Gasteiger partial charge in [0.2, 0.25) is 0 Å². The van der Waals surface area contributed by atoms with Crippen LogP contribution in [-0.2, 0) is 13.0 Å². The molecule has 0 unspecified atom stereocenters. The number of hydrazine groups is 1. The molecule has 1 aliphatic heterocycles. The molecule has 148 valence electrons. The number of halogens is 2. The van der Waals surface area contributed by atoms with E-state index in [0.717, 1.165) is 13.0 Å². The van der Waals surface area contributed by atoms with Crippen molar-refractivity contribution in [3.63, 3.8) is 0 Å². The van der Waals surface area contributed by atoms with E-state index in [2.05, 4.69) is 37.9 Å². The zero-order chi connectivity index (χ0) is 20.4. The van der Waals surface area contributed by atoms with Crippen molar-refractivity contribution in [2.75, 3.05) is 22.6 Å². The maximum Gasteiger partial charge on any atom is 0.271 e. The number of benzene rings is 2. The molecule has 0 aliphatic carbocycles. The Morgan fingerprint density at radius 1 is 1.10 bits per heavy atom. The third kappa shape index (κ3) is 4.06. The van der Waals surface area contributed by atoms with Crippen LogP contribution in [0, 0.1) is 0 Å². The van der Waals surface area contributed by atoms with Crippen LogP contribution in [0.5, 0.6) is 0 Å². The summed E-state index contributed by atoms with van der Waals surface area (Å²) in [5.41, 5.74) is 14.8. The van der Waals surface area contributed by atoms with Gasteiger partial charge in [0.05, 0.1) is 10.6 Å². The van der Waals surface area contributed by atoms with Crippen molar-refractivity contribution >= 4 is 46.4 Å². The molecule has 0 spiro atoms. The molecule has 9 heteroatoms. The fourth-order valence-corrected chi connectivity index (χ4v) is 3.77. The lowest BCUT2D eigenvalue weighted by Crippen LogP contribution is -2.33. The van der Waals surface area contributed by atoms with Crippen LogP contribution in [0.3, 0.4) is 0 Å². The summed E-state index contributed by atoms with van der Waals surface area (Å²) in [6.07, 6.45) is 2.32. The molecule has 29 heavy (non-hydrogen) atoms. The quantitative estimate of drug-likeness (QED) is 0.548. The molecule has 3 aromatic rings. The molecule has 0 bridgehead atoms. The smallest absolute Gasteiger partial charge is 0.271 e. The molecule has 1 aromatic heterocycles. The number of nitrogens with zero attached hydrogens (tertiary/aromatic N) is 3. The van der Waals surface area contributed by atoms with Gasteiger partial charge in [-0.1, -0.05) is 47.5 Å². The van der Waals surface area contributed by atoms with Crippen LogP contribution in [0.1, 0.15) is 21.5 Å². The molecule has 2 heterocycles. The summed E-state index contributed by atoms with van der Waals surface area (Å²) in [7, 11) is 0. The van der Waals surface area contributed by atoms with E-state index in [-0.39, 0.29) is 10.6 Å². The van der Waals surface area contributed by atoms with E-state index in [1.165, 1.54) is 23.5 Å². The minimum absolute atomic E-state index is 0.250. The number of aromatic nitrogens is 2. The molecule has 0 saturated heterocycles. The fraction of sp³-hybridized carbons (Fsp3) is 0.150. The number of carbonyl (C=O) groups excluding carboxylic acids is 1. The highest BCUT2D eigenvalue weighted by Gasteiger charge is 2.21. The summed E-state index contributed by atoms with van der Waals surface area (Å²) in [6, 6.07) is 13.0. The molecule has 1 aliphatic rings. The summed E-state index contributed by atoms with van der Waals surface area (Å²) < 4.78 is 0. The molecule has 0 fully saturated rings. The maximum atomic E-state index is 12.4.